The van der Waals surface area contributed by atoms with E-state index in [1.165, 1.54) is 16.7 Å². The standard InChI is InChI=1S/C16H12N2O2S/c19-15(20)14-10-21-16(18-14)17-13-9-5-4-8-12(13)11-6-2-1-3-7-11/h1-10H,(H,17,18)(H,19,20). The highest BCUT2D eigenvalue weighted by Crippen LogP contribution is 2.30. The van der Waals surface area contributed by atoms with Gasteiger partial charge < -0.3 is 10.4 Å². The summed E-state index contributed by atoms with van der Waals surface area (Å²) >= 11 is 1.27. The molecule has 1 heterocycles. The van der Waals surface area contributed by atoms with Gasteiger partial charge in [-0.05, 0) is 11.6 Å². The zero-order valence-electron chi connectivity index (χ0n) is 11.0. The molecule has 0 radical (unpaired) electrons. The Morgan fingerprint density at radius 1 is 1.05 bits per heavy atom. The highest BCUT2D eigenvalue weighted by Gasteiger charge is 2.10. The second-order valence-electron chi connectivity index (χ2n) is 4.38. The summed E-state index contributed by atoms with van der Waals surface area (Å²) in [4.78, 5) is 14.9. The van der Waals surface area contributed by atoms with Gasteiger partial charge in [-0.3, -0.25) is 0 Å². The first kappa shape index (κ1) is 13.3. The van der Waals surface area contributed by atoms with E-state index in [9.17, 15) is 4.79 Å². The average molecular weight is 296 g/mol. The quantitative estimate of drug-likeness (QED) is 0.755. The highest BCUT2D eigenvalue weighted by atomic mass is 32.1. The molecule has 0 aliphatic rings. The van der Waals surface area contributed by atoms with Crippen LogP contribution < -0.4 is 5.32 Å². The lowest BCUT2D eigenvalue weighted by Gasteiger charge is -2.10. The maximum absolute atomic E-state index is 10.9. The first-order valence-corrected chi connectivity index (χ1v) is 7.22. The molecule has 0 atom stereocenters. The van der Waals surface area contributed by atoms with E-state index in [0.717, 1.165) is 16.8 Å². The molecule has 1 aromatic heterocycles. The molecule has 0 amide bonds. The largest absolute Gasteiger partial charge is 0.476 e. The predicted molar refractivity (Wildman–Crippen MR) is 84.2 cm³/mol. The van der Waals surface area contributed by atoms with Gasteiger partial charge in [-0.15, -0.1) is 11.3 Å². The van der Waals surface area contributed by atoms with Crippen molar-refractivity contribution < 1.29 is 9.90 Å². The van der Waals surface area contributed by atoms with Crippen LogP contribution in [0, 0.1) is 0 Å². The number of carbonyl (C=O) groups is 1. The number of aromatic carboxylic acids is 1. The minimum absolute atomic E-state index is 0.0553. The number of carboxylic acid groups (broad SMARTS) is 1. The summed E-state index contributed by atoms with van der Waals surface area (Å²) in [6.07, 6.45) is 0. The van der Waals surface area contributed by atoms with Crippen LogP contribution in [0.15, 0.2) is 60.0 Å². The van der Waals surface area contributed by atoms with E-state index in [2.05, 4.69) is 10.3 Å². The van der Waals surface area contributed by atoms with Gasteiger partial charge in [0, 0.05) is 16.6 Å². The normalized spacial score (nSPS) is 10.3. The van der Waals surface area contributed by atoms with Gasteiger partial charge in [0.15, 0.2) is 10.8 Å². The third-order valence-corrected chi connectivity index (χ3v) is 3.73. The van der Waals surface area contributed by atoms with Crippen molar-refractivity contribution in [2.75, 3.05) is 5.32 Å². The Hall–Kier alpha value is -2.66. The second-order valence-corrected chi connectivity index (χ2v) is 5.24. The Balaban J connectivity index is 1.94. The molecule has 0 aliphatic heterocycles. The van der Waals surface area contributed by atoms with E-state index < -0.39 is 5.97 Å². The van der Waals surface area contributed by atoms with Crippen LogP contribution in [0.4, 0.5) is 10.8 Å². The van der Waals surface area contributed by atoms with Gasteiger partial charge in [0.05, 0.1) is 0 Å². The number of nitrogens with zero attached hydrogens (tertiary/aromatic N) is 1. The fourth-order valence-corrected chi connectivity index (χ4v) is 2.70. The van der Waals surface area contributed by atoms with Gasteiger partial charge in [-0.1, -0.05) is 48.5 Å². The minimum atomic E-state index is -1.02. The Labute approximate surface area is 125 Å². The Bertz CT molecular complexity index is 769. The summed E-state index contributed by atoms with van der Waals surface area (Å²) in [6.45, 7) is 0. The molecule has 3 rings (SSSR count). The molecule has 0 unspecified atom stereocenters. The summed E-state index contributed by atoms with van der Waals surface area (Å²) in [7, 11) is 0. The van der Waals surface area contributed by atoms with Crippen molar-refractivity contribution in [3.63, 3.8) is 0 Å². The molecular weight excluding hydrogens is 284 g/mol. The summed E-state index contributed by atoms with van der Waals surface area (Å²) < 4.78 is 0. The van der Waals surface area contributed by atoms with Crippen LogP contribution in [0.1, 0.15) is 10.5 Å². The average Bonchev–Trinajstić information content (AvgIpc) is 2.98. The van der Waals surface area contributed by atoms with Crippen molar-refractivity contribution in [3.8, 4) is 11.1 Å². The molecule has 0 fully saturated rings. The monoisotopic (exact) mass is 296 g/mol. The Morgan fingerprint density at radius 3 is 2.48 bits per heavy atom. The predicted octanol–water partition coefficient (Wildman–Crippen LogP) is 4.25. The fourth-order valence-electron chi connectivity index (χ4n) is 2.01. The van der Waals surface area contributed by atoms with Crippen LogP contribution in [0.25, 0.3) is 11.1 Å². The van der Waals surface area contributed by atoms with Gasteiger partial charge in [-0.25, -0.2) is 9.78 Å². The van der Waals surface area contributed by atoms with Crippen LogP contribution in [-0.4, -0.2) is 16.1 Å². The highest BCUT2D eigenvalue weighted by molar-refractivity contribution is 7.14. The van der Waals surface area contributed by atoms with Gasteiger partial charge in [-0.2, -0.15) is 0 Å². The smallest absolute Gasteiger partial charge is 0.355 e. The number of benzene rings is 2. The first-order valence-electron chi connectivity index (χ1n) is 6.34. The molecule has 104 valence electrons. The first-order chi connectivity index (χ1) is 10.2. The molecule has 0 bridgehead atoms. The molecule has 3 aromatic rings. The molecule has 2 N–H and O–H groups in total. The van der Waals surface area contributed by atoms with E-state index in [1.54, 1.807) is 0 Å². The lowest BCUT2D eigenvalue weighted by atomic mass is 10.0. The zero-order valence-corrected chi connectivity index (χ0v) is 11.8. The molecule has 5 heteroatoms. The SMILES string of the molecule is O=C(O)c1csc(Nc2ccccc2-c2ccccc2)n1. The molecule has 4 nitrogen and oxygen atoms in total. The summed E-state index contributed by atoms with van der Waals surface area (Å²) in [6, 6.07) is 17.9. The van der Waals surface area contributed by atoms with Gasteiger partial charge >= 0.3 is 5.97 Å². The number of rotatable bonds is 4. The third kappa shape index (κ3) is 2.93. The van der Waals surface area contributed by atoms with E-state index in [1.807, 2.05) is 54.6 Å². The molecule has 0 saturated heterocycles. The van der Waals surface area contributed by atoms with Crippen LogP contribution in [0.5, 0.6) is 0 Å². The van der Waals surface area contributed by atoms with Gasteiger partial charge in [0.25, 0.3) is 0 Å². The number of aromatic nitrogens is 1. The van der Waals surface area contributed by atoms with Crippen molar-refractivity contribution >= 4 is 28.1 Å². The third-order valence-electron chi connectivity index (χ3n) is 2.98. The maximum Gasteiger partial charge on any atom is 0.355 e. The molecule has 0 aliphatic carbocycles. The zero-order chi connectivity index (χ0) is 14.7. The topological polar surface area (TPSA) is 62.2 Å². The van der Waals surface area contributed by atoms with E-state index >= 15 is 0 Å². The van der Waals surface area contributed by atoms with Crippen molar-refractivity contribution in [2.24, 2.45) is 0 Å². The van der Waals surface area contributed by atoms with Crippen molar-refractivity contribution in [1.82, 2.24) is 4.98 Å². The number of para-hydroxylation sites is 1. The minimum Gasteiger partial charge on any atom is -0.476 e. The molecule has 0 saturated carbocycles. The number of hydrogen-bond acceptors (Lipinski definition) is 4. The second kappa shape index (κ2) is 5.76. The van der Waals surface area contributed by atoms with Crippen molar-refractivity contribution in [3.05, 3.63) is 65.7 Å². The van der Waals surface area contributed by atoms with E-state index in [4.69, 9.17) is 5.11 Å². The number of anilines is 2. The molecule has 2 aromatic carbocycles. The number of hydrogen-bond donors (Lipinski definition) is 2. The number of thiazole rings is 1. The van der Waals surface area contributed by atoms with Crippen LogP contribution >= 0.6 is 11.3 Å². The number of nitrogens with one attached hydrogen (secondary N) is 1. The van der Waals surface area contributed by atoms with Crippen LogP contribution in [0.3, 0.4) is 0 Å². The van der Waals surface area contributed by atoms with Crippen LogP contribution in [-0.2, 0) is 0 Å². The van der Waals surface area contributed by atoms with Gasteiger partial charge in [0.1, 0.15) is 0 Å². The molecular formula is C16H12N2O2S. The van der Waals surface area contributed by atoms with E-state index in [-0.39, 0.29) is 5.69 Å². The van der Waals surface area contributed by atoms with Crippen molar-refractivity contribution in [1.29, 1.82) is 0 Å². The Kier molecular flexibility index (Phi) is 3.66. The van der Waals surface area contributed by atoms with Crippen LogP contribution in [0.2, 0.25) is 0 Å². The summed E-state index contributed by atoms with van der Waals surface area (Å²) in [5, 5.41) is 14.2. The maximum atomic E-state index is 10.9. The van der Waals surface area contributed by atoms with Crippen molar-refractivity contribution in [2.45, 2.75) is 0 Å². The van der Waals surface area contributed by atoms with Gasteiger partial charge in [0.2, 0.25) is 0 Å². The lowest BCUT2D eigenvalue weighted by molar-refractivity contribution is 0.0691. The Morgan fingerprint density at radius 2 is 1.76 bits per heavy atom. The number of carboxylic acids is 1. The fraction of sp³-hybridized carbons (Fsp3) is 0. The van der Waals surface area contributed by atoms with E-state index in [0.29, 0.717) is 5.13 Å². The summed E-state index contributed by atoms with van der Waals surface area (Å²) in [5.41, 5.74) is 3.09. The molecule has 0 spiro atoms. The summed E-state index contributed by atoms with van der Waals surface area (Å²) in [5.74, 6) is -1.02. The lowest BCUT2D eigenvalue weighted by Crippen LogP contribution is -1.97. The molecule has 21 heavy (non-hydrogen) atoms.